The van der Waals surface area contributed by atoms with Gasteiger partial charge in [0.15, 0.2) is 0 Å². The maximum absolute atomic E-state index is 12.4. The first kappa shape index (κ1) is 20.4. The maximum Gasteiger partial charge on any atom is 0.274 e. The lowest BCUT2D eigenvalue weighted by Crippen LogP contribution is -2.13. The molecule has 0 aliphatic heterocycles. The number of rotatable bonds is 10. The number of nitrogens with zero attached hydrogens (tertiary/aromatic N) is 1. The average molecular weight is 370 g/mol. The van der Waals surface area contributed by atoms with E-state index < -0.39 is 4.92 Å². The van der Waals surface area contributed by atoms with E-state index in [0.717, 1.165) is 18.6 Å². The number of benzene rings is 2. The van der Waals surface area contributed by atoms with Crippen molar-refractivity contribution in [1.29, 1.82) is 0 Å². The van der Waals surface area contributed by atoms with E-state index >= 15 is 0 Å². The fourth-order valence-electron chi connectivity index (χ4n) is 2.75. The number of nitrogens with one attached hydrogen (secondary N) is 1. The number of nitro groups is 1. The largest absolute Gasteiger partial charge is 0.494 e. The van der Waals surface area contributed by atoms with Gasteiger partial charge in [-0.1, -0.05) is 38.7 Å². The van der Waals surface area contributed by atoms with Gasteiger partial charge in [-0.3, -0.25) is 14.9 Å². The van der Waals surface area contributed by atoms with Crippen molar-refractivity contribution in [1.82, 2.24) is 0 Å². The maximum atomic E-state index is 12.4. The number of hydrogen-bond donors (Lipinski definition) is 1. The summed E-state index contributed by atoms with van der Waals surface area (Å²) < 4.78 is 5.69. The van der Waals surface area contributed by atoms with Gasteiger partial charge in [-0.15, -0.1) is 0 Å². The van der Waals surface area contributed by atoms with Crippen molar-refractivity contribution in [3.63, 3.8) is 0 Å². The topological polar surface area (TPSA) is 81.5 Å². The summed E-state index contributed by atoms with van der Waals surface area (Å²) in [6.45, 7) is 4.47. The Morgan fingerprint density at radius 3 is 2.44 bits per heavy atom. The number of carbonyl (C=O) groups excluding carboxylic acids is 1. The molecule has 6 nitrogen and oxygen atoms in total. The standard InChI is InChI=1S/C21H26N2O4/c1-3-4-5-6-7-15-27-18-13-11-17(12-14-18)21(24)22-19-9-8-10-20(16(19)2)23(25)26/h8-14H,3-7,15H2,1-2H3,(H,22,24). The molecule has 144 valence electrons. The molecular weight excluding hydrogens is 344 g/mol. The highest BCUT2D eigenvalue weighted by Crippen LogP contribution is 2.25. The zero-order valence-corrected chi connectivity index (χ0v) is 15.9. The fourth-order valence-corrected chi connectivity index (χ4v) is 2.75. The molecule has 1 N–H and O–H groups in total. The van der Waals surface area contributed by atoms with E-state index in [4.69, 9.17) is 4.74 Å². The van der Waals surface area contributed by atoms with Gasteiger partial charge in [-0.2, -0.15) is 0 Å². The Labute approximate surface area is 159 Å². The van der Waals surface area contributed by atoms with Crippen LogP contribution in [0.25, 0.3) is 0 Å². The third-order valence-corrected chi connectivity index (χ3v) is 4.38. The van der Waals surface area contributed by atoms with Gasteiger partial charge < -0.3 is 10.1 Å². The first-order chi connectivity index (χ1) is 13.0. The number of nitro benzene ring substituents is 1. The molecular formula is C21H26N2O4. The lowest BCUT2D eigenvalue weighted by atomic mass is 10.1. The Bertz CT molecular complexity index is 772. The van der Waals surface area contributed by atoms with Crippen LogP contribution in [0, 0.1) is 17.0 Å². The van der Waals surface area contributed by atoms with Crippen molar-refractivity contribution in [2.75, 3.05) is 11.9 Å². The Balaban J connectivity index is 1.90. The first-order valence-electron chi connectivity index (χ1n) is 9.31. The summed E-state index contributed by atoms with van der Waals surface area (Å²) in [6.07, 6.45) is 5.90. The molecule has 0 bridgehead atoms. The summed E-state index contributed by atoms with van der Waals surface area (Å²) in [6, 6.07) is 11.5. The van der Waals surface area contributed by atoms with Crippen molar-refractivity contribution < 1.29 is 14.5 Å². The monoisotopic (exact) mass is 370 g/mol. The average Bonchev–Trinajstić information content (AvgIpc) is 2.66. The van der Waals surface area contributed by atoms with Crippen LogP contribution in [0.3, 0.4) is 0 Å². The van der Waals surface area contributed by atoms with Gasteiger partial charge in [0.05, 0.1) is 22.8 Å². The highest BCUT2D eigenvalue weighted by atomic mass is 16.6. The molecule has 2 aromatic carbocycles. The molecule has 1 amide bonds. The fraction of sp³-hybridized carbons (Fsp3) is 0.381. The Morgan fingerprint density at radius 1 is 1.07 bits per heavy atom. The Morgan fingerprint density at radius 2 is 1.78 bits per heavy atom. The van der Waals surface area contributed by atoms with E-state index in [1.807, 2.05) is 0 Å². The summed E-state index contributed by atoms with van der Waals surface area (Å²) >= 11 is 0. The highest BCUT2D eigenvalue weighted by Gasteiger charge is 2.15. The van der Waals surface area contributed by atoms with Crippen molar-refractivity contribution in [3.05, 3.63) is 63.7 Å². The van der Waals surface area contributed by atoms with Crippen molar-refractivity contribution >= 4 is 17.3 Å². The molecule has 0 saturated heterocycles. The quantitative estimate of drug-likeness (QED) is 0.340. The number of amides is 1. The minimum absolute atomic E-state index is 0.0181. The molecule has 27 heavy (non-hydrogen) atoms. The van der Waals surface area contributed by atoms with Crippen molar-refractivity contribution in [2.45, 2.75) is 46.0 Å². The Kier molecular flexibility index (Phi) is 7.79. The van der Waals surface area contributed by atoms with Crippen LogP contribution in [-0.4, -0.2) is 17.4 Å². The molecule has 0 spiro atoms. The van der Waals surface area contributed by atoms with Crippen molar-refractivity contribution in [2.24, 2.45) is 0 Å². The summed E-state index contributed by atoms with van der Waals surface area (Å²) in [4.78, 5) is 22.9. The summed E-state index contributed by atoms with van der Waals surface area (Å²) in [5.41, 5.74) is 1.31. The minimum Gasteiger partial charge on any atom is -0.494 e. The van der Waals surface area contributed by atoms with E-state index in [1.165, 1.54) is 25.3 Å². The zero-order chi connectivity index (χ0) is 19.6. The van der Waals surface area contributed by atoms with Crippen molar-refractivity contribution in [3.8, 4) is 5.75 Å². The molecule has 0 radical (unpaired) electrons. The van der Waals surface area contributed by atoms with Crippen LogP contribution >= 0.6 is 0 Å². The molecule has 2 rings (SSSR count). The molecule has 0 saturated carbocycles. The summed E-state index contributed by atoms with van der Waals surface area (Å²) in [5.74, 6) is 0.415. The molecule has 0 aliphatic rings. The minimum atomic E-state index is -0.459. The lowest BCUT2D eigenvalue weighted by Gasteiger charge is -2.10. The van der Waals surface area contributed by atoms with Gasteiger partial charge in [-0.25, -0.2) is 0 Å². The molecule has 6 heteroatoms. The van der Waals surface area contributed by atoms with Crippen LogP contribution in [0.1, 0.15) is 54.9 Å². The normalized spacial score (nSPS) is 10.4. The molecule has 0 atom stereocenters. The van der Waals surface area contributed by atoms with Gasteiger partial charge in [0.1, 0.15) is 5.75 Å². The van der Waals surface area contributed by atoms with Gasteiger partial charge in [-0.05, 0) is 43.7 Å². The molecule has 0 fully saturated rings. The zero-order valence-electron chi connectivity index (χ0n) is 15.9. The number of unbranched alkanes of at least 4 members (excludes halogenated alkanes) is 4. The van der Waals surface area contributed by atoms with E-state index in [2.05, 4.69) is 12.2 Å². The molecule has 0 aromatic heterocycles. The van der Waals surface area contributed by atoms with E-state index in [1.54, 1.807) is 43.3 Å². The van der Waals surface area contributed by atoms with Crippen LogP contribution in [-0.2, 0) is 0 Å². The number of anilines is 1. The van der Waals surface area contributed by atoms with Crippen LogP contribution in [0.5, 0.6) is 5.75 Å². The number of ether oxygens (including phenoxy) is 1. The predicted molar refractivity (Wildman–Crippen MR) is 106 cm³/mol. The molecule has 0 unspecified atom stereocenters. The third-order valence-electron chi connectivity index (χ3n) is 4.38. The van der Waals surface area contributed by atoms with Gasteiger partial charge >= 0.3 is 0 Å². The van der Waals surface area contributed by atoms with Crippen LogP contribution in [0.15, 0.2) is 42.5 Å². The van der Waals surface area contributed by atoms with Crippen LogP contribution < -0.4 is 10.1 Å². The summed E-state index contributed by atoms with van der Waals surface area (Å²) in [7, 11) is 0. The van der Waals surface area contributed by atoms with E-state index in [9.17, 15) is 14.9 Å². The SMILES string of the molecule is CCCCCCCOc1ccc(C(=O)Nc2cccc([N+](=O)[O-])c2C)cc1. The van der Waals surface area contributed by atoms with Gasteiger partial charge in [0.2, 0.25) is 0 Å². The number of hydrogen-bond acceptors (Lipinski definition) is 4. The third kappa shape index (κ3) is 6.09. The summed E-state index contributed by atoms with van der Waals surface area (Å²) in [5, 5.41) is 13.7. The van der Waals surface area contributed by atoms with Crippen LogP contribution in [0.4, 0.5) is 11.4 Å². The lowest BCUT2D eigenvalue weighted by molar-refractivity contribution is -0.385. The second-order valence-electron chi connectivity index (χ2n) is 6.45. The highest BCUT2D eigenvalue weighted by molar-refractivity contribution is 6.04. The van der Waals surface area contributed by atoms with E-state index in [-0.39, 0.29) is 11.6 Å². The molecule has 2 aromatic rings. The number of carbonyl (C=O) groups is 1. The molecule has 0 aliphatic carbocycles. The second kappa shape index (κ2) is 10.3. The van der Waals surface area contributed by atoms with E-state index in [0.29, 0.717) is 23.4 Å². The predicted octanol–water partition coefficient (Wildman–Crippen LogP) is 5.50. The van der Waals surface area contributed by atoms with Gasteiger partial charge in [0.25, 0.3) is 11.6 Å². The van der Waals surface area contributed by atoms with Gasteiger partial charge in [0, 0.05) is 11.6 Å². The first-order valence-corrected chi connectivity index (χ1v) is 9.31. The smallest absolute Gasteiger partial charge is 0.274 e. The van der Waals surface area contributed by atoms with Crippen LogP contribution in [0.2, 0.25) is 0 Å². The Hall–Kier alpha value is -2.89. The second-order valence-corrected chi connectivity index (χ2v) is 6.45. The molecule has 0 heterocycles.